The molecule has 0 rings (SSSR count). The number of aliphatic hydroxyl groups excluding tert-OH is 1. The quantitative estimate of drug-likeness (QED) is 0.519. The second-order valence-corrected chi connectivity index (χ2v) is 4.38. The van der Waals surface area contributed by atoms with E-state index in [2.05, 4.69) is 0 Å². The molecule has 0 aromatic heterocycles. The topological polar surface area (TPSA) is 47.9 Å². The van der Waals surface area contributed by atoms with Gasteiger partial charge in [0, 0.05) is 23.9 Å². The van der Waals surface area contributed by atoms with Crippen molar-refractivity contribution < 1.29 is 23.4 Å². The van der Waals surface area contributed by atoms with Crippen LogP contribution >= 0.6 is 0 Å². The number of hydrogen-bond donors (Lipinski definition) is 1. The van der Waals surface area contributed by atoms with E-state index in [-0.39, 0.29) is 6.61 Å². The van der Waals surface area contributed by atoms with Gasteiger partial charge in [-0.05, 0) is 19.3 Å². The maximum absolute atomic E-state index is 9.70. The molecule has 0 amide bonds. The molecule has 0 fully saturated rings. The third-order valence-corrected chi connectivity index (χ3v) is 2.43. The summed E-state index contributed by atoms with van der Waals surface area (Å²) in [5, 5.41) is 9.70. The van der Waals surface area contributed by atoms with Gasteiger partial charge in [0.15, 0.2) is 0 Å². The fraction of sp³-hybridized carbons (Fsp3) is 1.00. The highest BCUT2D eigenvalue weighted by Crippen LogP contribution is 2.19. The van der Waals surface area contributed by atoms with Crippen molar-refractivity contribution in [2.24, 2.45) is 5.41 Å². The predicted molar refractivity (Wildman–Crippen MR) is 72.8 cm³/mol. The first-order chi connectivity index (χ1) is 10.2. The fourth-order valence-electron chi connectivity index (χ4n) is 1.43. The van der Waals surface area contributed by atoms with Crippen molar-refractivity contribution in [2.45, 2.75) is 40.0 Å². The smallest absolute Gasteiger partial charge is 0.0635 e. The van der Waals surface area contributed by atoms with Crippen molar-refractivity contribution in [3.8, 4) is 0 Å². The SMILES string of the molecule is [2H]CCCOCC(CO)(COCCC[2H])COCCC[2H]. The maximum Gasteiger partial charge on any atom is 0.0635 e. The lowest BCUT2D eigenvalue weighted by atomic mass is 9.92. The lowest BCUT2D eigenvalue weighted by Crippen LogP contribution is -2.41. The second-order valence-electron chi connectivity index (χ2n) is 4.38. The van der Waals surface area contributed by atoms with E-state index in [4.69, 9.17) is 18.3 Å². The summed E-state index contributed by atoms with van der Waals surface area (Å²) in [4.78, 5) is 0. The summed E-state index contributed by atoms with van der Waals surface area (Å²) < 4.78 is 37.8. The van der Waals surface area contributed by atoms with Gasteiger partial charge >= 0.3 is 0 Å². The van der Waals surface area contributed by atoms with Gasteiger partial charge in [-0.1, -0.05) is 20.7 Å². The van der Waals surface area contributed by atoms with E-state index in [0.29, 0.717) is 79.6 Å². The molecule has 0 unspecified atom stereocenters. The first kappa shape index (κ1) is 12.9. The molecule has 0 aliphatic carbocycles. The van der Waals surface area contributed by atoms with E-state index < -0.39 is 5.41 Å². The van der Waals surface area contributed by atoms with E-state index in [1.807, 2.05) is 0 Å². The number of rotatable bonds is 13. The van der Waals surface area contributed by atoms with Gasteiger partial charge in [0.1, 0.15) is 0 Å². The van der Waals surface area contributed by atoms with Crippen LogP contribution in [0.3, 0.4) is 0 Å². The molecule has 0 radical (unpaired) electrons. The predicted octanol–water partition coefficient (Wildman–Crippen LogP) is 2.24. The van der Waals surface area contributed by atoms with Crippen LogP contribution in [-0.2, 0) is 14.2 Å². The van der Waals surface area contributed by atoms with Crippen LogP contribution in [0.2, 0.25) is 0 Å². The molecule has 0 spiro atoms. The molecular weight excluding hydrogens is 232 g/mol. The van der Waals surface area contributed by atoms with E-state index in [1.54, 1.807) is 0 Å². The zero-order valence-corrected chi connectivity index (χ0v) is 11.4. The van der Waals surface area contributed by atoms with Crippen LogP contribution in [0, 0.1) is 5.41 Å². The molecular formula is C14H30O4. The Morgan fingerprint density at radius 1 is 0.833 bits per heavy atom. The summed E-state index contributed by atoms with van der Waals surface area (Å²) in [7, 11) is 0. The highest BCUT2D eigenvalue weighted by atomic mass is 16.5. The molecule has 0 saturated carbocycles. The monoisotopic (exact) mass is 265 g/mol. The van der Waals surface area contributed by atoms with Gasteiger partial charge < -0.3 is 19.3 Å². The molecule has 18 heavy (non-hydrogen) atoms. The van der Waals surface area contributed by atoms with Crippen molar-refractivity contribution >= 4 is 0 Å². The first-order valence-corrected chi connectivity index (χ1v) is 6.46. The highest BCUT2D eigenvalue weighted by Gasteiger charge is 2.31. The molecule has 0 saturated heterocycles. The van der Waals surface area contributed by atoms with E-state index >= 15 is 0 Å². The minimum absolute atomic E-state index is 0.102. The Morgan fingerprint density at radius 3 is 1.50 bits per heavy atom. The van der Waals surface area contributed by atoms with Gasteiger partial charge in [0.2, 0.25) is 0 Å². The molecule has 4 heteroatoms. The Hall–Kier alpha value is -0.160. The number of ether oxygens (including phenoxy) is 3. The van der Waals surface area contributed by atoms with Gasteiger partial charge in [-0.2, -0.15) is 0 Å². The van der Waals surface area contributed by atoms with E-state index in [9.17, 15) is 5.11 Å². The summed E-state index contributed by atoms with van der Waals surface area (Å²) in [6, 6.07) is 0. The summed E-state index contributed by atoms with van der Waals surface area (Å²) in [6.45, 7) is 3.32. The third-order valence-electron chi connectivity index (χ3n) is 2.43. The summed E-state index contributed by atoms with van der Waals surface area (Å²) in [6.07, 6.45) is 2.00. The second kappa shape index (κ2) is 11.9. The Labute approximate surface area is 116 Å². The Bertz CT molecular complexity index is 189. The average Bonchev–Trinajstić information content (AvgIpc) is 2.51. The molecule has 0 aromatic rings. The summed E-state index contributed by atoms with van der Waals surface area (Å²) >= 11 is 0. The van der Waals surface area contributed by atoms with Gasteiger partial charge in [0.05, 0.1) is 31.8 Å². The number of hydrogen-bond acceptors (Lipinski definition) is 4. The minimum atomic E-state index is -0.605. The average molecular weight is 265 g/mol. The summed E-state index contributed by atoms with van der Waals surface area (Å²) in [5.74, 6) is 0. The molecule has 0 aliphatic rings. The van der Waals surface area contributed by atoms with Gasteiger partial charge in [0.25, 0.3) is 0 Å². The van der Waals surface area contributed by atoms with Crippen LogP contribution in [0.25, 0.3) is 0 Å². The third kappa shape index (κ3) is 8.03. The van der Waals surface area contributed by atoms with Crippen molar-refractivity contribution in [3.05, 3.63) is 0 Å². The van der Waals surface area contributed by atoms with Crippen LogP contribution in [0.5, 0.6) is 0 Å². The lowest BCUT2D eigenvalue weighted by molar-refractivity contribution is -0.0925. The van der Waals surface area contributed by atoms with Crippen molar-refractivity contribution in [3.63, 3.8) is 0 Å². The van der Waals surface area contributed by atoms with Crippen LogP contribution in [-0.4, -0.2) is 51.4 Å². The van der Waals surface area contributed by atoms with Crippen LogP contribution in [0.15, 0.2) is 0 Å². The lowest BCUT2D eigenvalue weighted by Gasteiger charge is -2.31. The van der Waals surface area contributed by atoms with Crippen LogP contribution in [0.1, 0.15) is 44.1 Å². The molecule has 110 valence electrons. The largest absolute Gasteiger partial charge is 0.396 e. The van der Waals surface area contributed by atoms with E-state index in [1.165, 1.54) is 0 Å². The van der Waals surface area contributed by atoms with Crippen LogP contribution in [0.4, 0.5) is 0 Å². The zero-order chi connectivity index (χ0) is 15.8. The molecule has 0 aromatic carbocycles. The van der Waals surface area contributed by atoms with E-state index in [0.717, 1.165) is 0 Å². The molecule has 0 bridgehead atoms. The Kier molecular flexibility index (Phi) is 8.50. The van der Waals surface area contributed by atoms with Crippen molar-refractivity contribution in [1.82, 2.24) is 0 Å². The fourth-order valence-corrected chi connectivity index (χ4v) is 1.43. The Balaban J connectivity index is 4.22. The van der Waals surface area contributed by atoms with Gasteiger partial charge in [-0.3, -0.25) is 0 Å². The Morgan fingerprint density at radius 2 is 1.22 bits per heavy atom. The highest BCUT2D eigenvalue weighted by molar-refractivity contribution is 4.78. The van der Waals surface area contributed by atoms with Crippen LogP contribution < -0.4 is 0 Å². The normalized spacial score (nSPS) is 14.2. The standard InChI is InChI=1S/C14H30O4/c1-4-7-16-11-14(10-15,12-17-8-5-2)13-18-9-6-3/h15H,4-13H2,1-3H3/i1D,2D,3D. The van der Waals surface area contributed by atoms with Gasteiger partial charge in [-0.25, -0.2) is 0 Å². The maximum atomic E-state index is 9.70. The zero-order valence-electron chi connectivity index (χ0n) is 14.4. The minimum Gasteiger partial charge on any atom is -0.396 e. The molecule has 0 atom stereocenters. The first-order valence-electron chi connectivity index (χ1n) is 8.58. The van der Waals surface area contributed by atoms with Crippen molar-refractivity contribution in [2.75, 3.05) is 46.2 Å². The molecule has 0 heterocycles. The van der Waals surface area contributed by atoms with Crippen molar-refractivity contribution in [1.29, 1.82) is 0 Å². The molecule has 1 N–H and O–H groups in total. The summed E-state index contributed by atoms with van der Waals surface area (Å²) in [5.41, 5.74) is -0.605. The molecule has 4 nitrogen and oxygen atoms in total. The number of aliphatic hydroxyl groups is 1. The van der Waals surface area contributed by atoms with Gasteiger partial charge in [-0.15, -0.1) is 0 Å². The molecule has 0 aliphatic heterocycles.